The normalized spacial score (nSPS) is 11.8. The molecule has 0 bridgehead atoms. The molecule has 110 valence electrons. The van der Waals surface area contributed by atoms with E-state index in [0.717, 1.165) is 0 Å². The quantitative estimate of drug-likeness (QED) is 0.358. The fraction of sp³-hybridized carbons (Fsp3) is 0.750. The Balaban J connectivity index is 4.55. The van der Waals surface area contributed by atoms with Crippen LogP contribution >= 0.6 is 0 Å². The molecule has 0 aromatic rings. The molecule has 7 heteroatoms. The molecule has 7 nitrogen and oxygen atoms in total. The second kappa shape index (κ2) is 9.32. The monoisotopic (exact) mass is 276 g/mol. The summed E-state index contributed by atoms with van der Waals surface area (Å²) in [5.41, 5.74) is 0. The second-order valence-corrected chi connectivity index (χ2v) is 3.81. The fourth-order valence-electron chi connectivity index (χ4n) is 1.55. The predicted octanol–water partition coefficient (Wildman–Crippen LogP) is 0.307. The fourth-order valence-corrected chi connectivity index (χ4v) is 1.55. The Morgan fingerprint density at radius 1 is 0.895 bits per heavy atom. The SMILES string of the molecule is COC(=O)CCC(CC(C(=O)OC)C(=O)OC)OC. The summed E-state index contributed by atoms with van der Waals surface area (Å²) in [5, 5.41) is 0. The Labute approximate surface area is 112 Å². The molecule has 1 unspecified atom stereocenters. The number of hydrogen-bond donors (Lipinski definition) is 0. The van der Waals surface area contributed by atoms with Crippen LogP contribution in [0.25, 0.3) is 0 Å². The van der Waals surface area contributed by atoms with Crippen LogP contribution in [-0.2, 0) is 33.3 Å². The molecule has 0 heterocycles. The summed E-state index contributed by atoms with van der Waals surface area (Å²) in [6.07, 6.45) is 0.132. The first-order valence-corrected chi connectivity index (χ1v) is 5.75. The minimum absolute atomic E-state index is 0.0901. The molecule has 0 aliphatic carbocycles. The molecule has 0 saturated carbocycles. The summed E-state index contributed by atoms with van der Waals surface area (Å²) in [5.74, 6) is -2.81. The van der Waals surface area contributed by atoms with Crippen molar-refractivity contribution < 1.29 is 33.3 Å². The zero-order valence-corrected chi connectivity index (χ0v) is 11.6. The van der Waals surface area contributed by atoms with Gasteiger partial charge in [-0.3, -0.25) is 14.4 Å². The molecular weight excluding hydrogens is 256 g/mol. The highest BCUT2D eigenvalue weighted by molar-refractivity contribution is 5.94. The van der Waals surface area contributed by atoms with E-state index in [1.807, 2.05) is 0 Å². The molecule has 0 aliphatic heterocycles. The van der Waals surface area contributed by atoms with Crippen molar-refractivity contribution in [2.45, 2.75) is 25.4 Å². The summed E-state index contributed by atoms with van der Waals surface area (Å²) in [4.78, 5) is 34.0. The standard InChI is InChI=1S/C12H20O7/c1-16-8(5-6-10(13)17-2)7-9(11(14)18-3)12(15)19-4/h8-9H,5-7H2,1-4H3. The zero-order valence-electron chi connectivity index (χ0n) is 11.6. The summed E-state index contributed by atoms with van der Waals surface area (Å²) < 4.78 is 18.7. The molecule has 0 radical (unpaired) electrons. The summed E-state index contributed by atoms with van der Waals surface area (Å²) in [6.45, 7) is 0. The van der Waals surface area contributed by atoms with Crippen LogP contribution in [0.15, 0.2) is 0 Å². The van der Waals surface area contributed by atoms with Crippen molar-refractivity contribution in [2.24, 2.45) is 5.92 Å². The van der Waals surface area contributed by atoms with Gasteiger partial charge in [0.1, 0.15) is 0 Å². The molecule has 0 N–H and O–H groups in total. The molecule has 19 heavy (non-hydrogen) atoms. The molecule has 0 amide bonds. The largest absolute Gasteiger partial charge is 0.469 e. The van der Waals surface area contributed by atoms with Gasteiger partial charge in [0.2, 0.25) is 0 Å². The molecular formula is C12H20O7. The summed E-state index contributed by atoms with van der Waals surface area (Å²) >= 11 is 0. The molecule has 0 spiro atoms. The molecule has 0 fully saturated rings. The van der Waals surface area contributed by atoms with Gasteiger partial charge in [-0.1, -0.05) is 0 Å². The first-order chi connectivity index (χ1) is 8.99. The van der Waals surface area contributed by atoms with E-state index in [2.05, 4.69) is 14.2 Å². The highest BCUT2D eigenvalue weighted by atomic mass is 16.5. The molecule has 0 saturated heterocycles. The van der Waals surface area contributed by atoms with E-state index >= 15 is 0 Å². The lowest BCUT2D eigenvalue weighted by molar-refractivity contribution is -0.160. The van der Waals surface area contributed by atoms with Crippen LogP contribution in [0.1, 0.15) is 19.3 Å². The van der Waals surface area contributed by atoms with Crippen LogP contribution in [0, 0.1) is 5.92 Å². The maximum Gasteiger partial charge on any atom is 0.320 e. The van der Waals surface area contributed by atoms with E-state index in [1.165, 1.54) is 28.4 Å². The third kappa shape index (κ3) is 6.19. The van der Waals surface area contributed by atoms with Gasteiger partial charge in [0, 0.05) is 13.5 Å². The van der Waals surface area contributed by atoms with Gasteiger partial charge in [-0.15, -0.1) is 0 Å². The number of rotatable bonds is 8. The molecule has 0 aromatic carbocycles. The molecule has 1 atom stereocenters. The number of hydrogen-bond acceptors (Lipinski definition) is 7. The third-order valence-corrected chi connectivity index (χ3v) is 2.70. The molecule has 0 aromatic heterocycles. The lowest BCUT2D eigenvalue weighted by atomic mass is 9.98. The number of carbonyl (C=O) groups is 3. The van der Waals surface area contributed by atoms with Gasteiger partial charge >= 0.3 is 17.9 Å². The van der Waals surface area contributed by atoms with Crippen LogP contribution in [0.4, 0.5) is 0 Å². The van der Waals surface area contributed by atoms with Crippen molar-refractivity contribution in [2.75, 3.05) is 28.4 Å². The highest BCUT2D eigenvalue weighted by Gasteiger charge is 2.31. The van der Waals surface area contributed by atoms with E-state index in [4.69, 9.17) is 4.74 Å². The predicted molar refractivity (Wildman–Crippen MR) is 64.2 cm³/mol. The average molecular weight is 276 g/mol. The van der Waals surface area contributed by atoms with Gasteiger partial charge in [-0.25, -0.2) is 0 Å². The average Bonchev–Trinajstić information content (AvgIpc) is 2.45. The lowest BCUT2D eigenvalue weighted by Gasteiger charge is -2.19. The number of esters is 3. The first-order valence-electron chi connectivity index (χ1n) is 5.75. The number of methoxy groups -OCH3 is 4. The van der Waals surface area contributed by atoms with Gasteiger partial charge in [0.25, 0.3) is 0 Å². The molecule has 0 aliphatic rings. The number of carbonyl (C=O) groups excluding carboxylic acids is 3. The van der Waals surface area contributed by atoms with Crippen LogP contribution in [0.3, 0.4) is 0 Å². The van der Waals surface area contributed by atoms with E-state index in [9.17, 15) is 14.4 Å². The van der Waals surface area contributed by atoms with Gasteiger partial charge in [0.15, 0.2) is 5.92 Å². The van der Waals surface area contributed by atoms with Gasteiger partial charge in [-0.2, -0.15) is 0 Å². The highest BCUT2D eigenvalue weighted by Crippen LogP contribution is 2.17. The van der Waals surface area contributed by atoms with Crippen LogP contribution < -0.4 is 0 Å². The Hall–Kier alpha value is -1.63. The third-order valence-electron chi connectivity index (χ3n) is 2.70. The Bertz CT molecular complexity index is 297. The van der Waals surface area contributed by atoms with Crippen molar-refractivity contribution in [1.82, 2.24) is 0 Å². The lowest BCUT2D eigenvalue weighted by Crippen LogP contribution is -2.31. The second-order valence-electron chi connectivity index (χ2n) is 3.81. The summed E-state index contributed by atoms with van der Waals surface area (Å²) in [6, 6.07) is 0. The smallest absolute Gasteiger partial charge is 0.320 e. The van der Waals surface area contributed by atoms with Crippen LogP contribution in [-0.4, -0.2) is 52.5 Å². The maximum absolute atomic E-state index is 11.5. The van der Waals surface area contributed by atoms with Crippen molar-refractivity contribution in [3.63, 3.8) is 0 Å². The van der Waals surface area contributed by atoms with E-state index < -0.39 is 24.0 Å². The van der Waals surface area contributed by atoms with Crippen molar-refractivity contribution >= 4 is 17.9 Å². The summed E-state index contributed by atoms with van der Waals surface area (Å²) in [7, 11) is 5.10. The van der Waals surface area contributed by atoms with Crippen LogP contribution in [0.5, 0.6) is 0 Å². The van der Waals surface area contributed by atoms with Gasteiger partial charge < -0.3 is 18.9 Å². The topological polar surface area (TPSA) is 88.1 Å². The Kier molecular flexibility index (Phi) is 8.52. The van der Waals surface area contributed by atoms with Gasteiger partial charge in [0.05, 0.1) is 27.4 Å². The molecule has 0 rings (SSSR count). The van der Waals surface area contributed by atoms with E-state index in [0.29, 0.717) is 6.42 Å². The van der Waals surface area contributed by atoms with Gasteiger partial charge in [-0.05, 0) is 12.8 Å². The number of ether oxygens (including phenoxy) is 4. The van der Waals surface area contributed by atoms with Crippen molar-refractivity contribution in [1.29, 1.82) is 0 Å². The minimum Gasteiger partial charge on any atom is -0.469 e. The Morgan fingerprint density at radius 2 is 1.42 bits per heavy atom. The van der Waals surface area contributed by atoms with Crippen molar-refractivity contribution in [3.8, 4) is 0 Å². The van der Waals surface area contributed by atoms with E-state index in [1.54, 1.807) is 0 Å². The maximum atomic E-state index is 11.5. The van der Waals surface area contributed by atoms with Crippen LogP contribution in [0.2, 0.25) is 0 Å². The Morgan fingerprint density at radius 3 is 1.79 bits per heavy atom. The van der Waals surface area contributed by atoms with E-state index in [-0.39, 0.29) is 18.8 Å². The van der Waals surface area contributed by atoms with Crippen molar-refractivity contribution in [3.05, 3.63) is 0 Å². The zero-order chi connectivity index (χ0) is 14.8. The first kappa shape index (κ1) is 17.4. The minimum atomic E-state index is -1.06.